The first-order chi connectivity index (χ1) is 10.5. The van der Waals surface area contributed by atoms with Crippen molar-refractivity contribution < 1.29 is 4.79 Å². The van der Waals surface area contributed by atoms with Gasteiger partial charge >= 0.3 is 0 Å². The summed E-state index contributed by atoms with van der Waals surface area (Å²) in [5, 5.41) is 0. The van der Waals surface area contributed by atoms with Crippen molar-refractivity contribution in [2.45, 2.75) is 45.6 Å². The van der Waals surface area contributed by atoms with E-state index in [0.717, 1.165) is 13.0 Å². The molecule has 2 heterocycles. The molecule has 0 spiro atoms. The van der Waals surface area contributed by atoms with E-state index in [9.17, 15) is 4.79 Å². The van der Waals surface area contributed by atoms with E-state index in [1.807, 2.05) is 11.9 Å². The molecule has 3 nitrogen and oxygen atoms in total. The zero-order valence-corrected chi connectivity index (χ0v) is 14.1. The van der Waals surface area contributed by atoms with Gasteiger partial charge in [0.25, 0.3) is 0 Å². The van der Waals surface area contributed by atoms with Gasteiger partial charge in [0.1, 0.15) is 0 Å². The zero-order valence-electron chi connectivity index (χ0n) is 14.1. The number of carbonyl (C=O) groups excluding carboxylic acids is 1. The van der Waals surface area contributed by atoms with E-state index in [4.69, 9.17) is 0 Å². The molecule has 2 unspecified atom stereocenters. The van der Waals surface area contributed by atoms with E-state index in [-0.39, 0.29) is 12.0 Å². The third kappa shape index (κ3) is 3.19. The molecule has 3 heteroatoms. The van der Waals surface area contributed by atoms with Gasteiger partial charge in [-0.1, -0.05) is 35.7 Å². The fourth-order valence-corrected chi connectivity index (χ4v) is 4.14. The van der Waals surface area contributed by atoms with Crippen LogP contribution in [0.15, 0.2) is 18.2 Å². The van der Waals surface area contributed by atoms with E-state index in [2.05, 4.69) is 36.9 Å². The first-order valence-electron chi connectivity index (χ1n) is 8.62. The maximum atomic E-state index is 12.6. The Kier molecular flexibility index (Phi) is 4.53. The van der Waals surface area contributed by atoms with Crippen LogP contribution in [0.5, 0.6) is 0 Å². The van der Waals surface area contributed by atoms with Gasteiger partial charge in [0.05, 0.1) is 12.0 Å². The van der Waals surface area contributed by atoms with Gasteiger partial charge in [0, 0.05) is 13.6 Å². The van der Waals surface area contributed by atoms with E-state index in [0.29, 0.717) is 5.91 Å². The Morgan fingerprint density at radius 3 is 2.32 bits per heavy atom. The lowest BCUT2D eigenvalue weighted by Crippen LogP contribution is -2.36. The zero-order chi connectivity index (χ0) is 15.7. The standard InChI is InChI=1S/C19H28N2O/c1-14-9-15(2)11-16(10-14)18-12-17(19(22)20(18)3)13-21-7-5-4-6-8-21/h9-11,17-18H,4-8,12-13H2,1-3H3. The van der Waals surface area contributed by atoms with E-state index < -0.39 is 0 Å². The van der Waals surface area contributed by atoms with Gasteiger partial charge in [-0.05, 0) is 51.8 Å². The van der Waals surface area contributed by atoms with Crippen LogP contribution in [0.1, 0.15) is 48.4 Å². The van der Waals surface area contributed by atoms with Crippen molar-refractivity contribution in [2.24, 2.45) is 5.92 Å². The van der Waals surface area contributed by atoms with Crippen LogP contribution in [-0.2, 0) is 4.79 Å². The molecular formula is C19H28N2O. The minimum atomic E-state index is 0.175. The van der Waals surface area contributed by atoms with Gasteiger partial charge in [-0.25, -0.2) is 0 Å². The number of piperidine rings is 1. The summed E-state index contributed by atoms with van der Waals surface area (Å²) in [6, 6.07) is 6.93. The fraction of sp³-hybridized carbons (Fsp3) is 0.632. The molecule has 0 aromatic heterocycles. The van der Waals surface area contributed by atoms with Crippen molar-refractivity contribution >= 4 is 5.91 Å². The normalized spacial score (nSPS) is 26.7. The highest BCUT2D eigenvalue weighted by Gasteiger charge is 2.38. The molecule has 0 bridgehead atoms. The predicted molar refractivity (Wildman–Crippen MR) is 89.8 cm³/mol. The average Bonchev–Trinajstić information content (AvgIpc) is 2.76. The molecule has 2 aliphatic rings. The summed E-state index contributed by atoms with van der Waals surface area (Å²) in [5.74, 6) is 0.503. The van der Waals surface area contributed by atoms with Gasteiger partial charge in [0.15, 0.2) is 0 Å². The summed E-state index contributed by atoms with van der Waals surface area (Å²) >= 11 is 0. The molecule has 3 rings (SSSR count). The van der Waals surface area contributed by atoms with Gasteiger partial charge in [-0.15, -0.1) is 0 Å². The van der Waals surface area contributed by atoms with Crippen LogP contribution in [0.4, 0.5) is 0 Å². The lowest BCUT2D eigenvalue weighted by Gasteiger charge is -2.28. The topological polar surface area (TPSA) is 23.6 Å². The van der Waals surface area contributed by atoms with Gasteiger partial charge < -0.3 is 9.80 Å². The van der Waals surface area contributed by atoms with E-state index >= 15 is 0 Å². The van der Waals surface area contributed by atoms with Crippen LogP contribution in [0.25, 0.3) is 0 Å². The Balaban J connectivity index is 1.73. The number of nitrogens with zero attached hydrogens (tertiary/aromatic N) is 2. The molecule has 1 aromatic carbocycles. The molecule has 0 N–H and O–H groups in total. The molecule has 2 atom stereocenters. The maximum absolute atomic E-state index is 12.6. The molecule has 1 aromatic rings. The maximum Gasteiger partial charge on any atom is 0.227 e. The predicted octanol–water partition coefficient (Wildman–Crippen LogP) is 3.31. The summed E-state index contributed by atoms with van der Waals surface area (Å²) in [5.41, 5.74) is 3.88. The minimum Gasteiger partial charge on any atom is -0.338 e. The Labute approximate surface area is 134 Å². The lowest BCUT2D eigenvalue weighted by atomic mass is 9.96. The van der Waals surface area contributed by atoms with Crippen LogP contribution in [-0.4, -0.2) is 42.4 Å². The second-order valence-corrected chi connectivity index (χ2v) is 7.18. The van der Waals surface area contributed by atoms with Crippen molar-refractivity contribution in [2.75, 3.05) is 26.7 Å². The molecule has 2 aliphatic heterocycles. The summed E-state index contributed by atoms with van der Waals surface area (Å²) in [4.78, 5) is 17.1. The second kappa shape index (κ2) is 6.41. The average molecular weight is 300 g/mol. The summed E-state index contributed by atoms with van der Waals surface area (Å²) in [7, 11) is 1.97. The number of hydrogen-bond donors (Lipinski definition) is 0. The molecule has 0 saturated carbocycles. The number of amides is 1. The number of rotatable bonds is 3. The van der Waals surface area contributed by atoms with Gasteiger partial charge in [-0.3, -0.25) is 4.79 Å². The third-order valence-corrected chi connectivity index (χ3v) is 5.23. The van der Waals surface area contributed by atoms with Crippen LogP contribution in [0.3, 0.4) is 0 Å². The van der Waals surface area contributed by atoms with Crippen LogP contribution >= 0.6 is 0 Å². The van der Waals surface area contributed by atoms with Gasteiger partial charge in [-0.2, -0.15) is 0 Å². The molecule has 2 saturated heterocycles. The first kappa shape index (κ1) is 15.5. The van der Waals surface area contributed by atoms with Crippen molar-refractivity contribution in [3.63, 3.8) is 0 Å². The molecule has 120 valence electrons. The monoisotopic (exact) mass is 300 g/mol. The second-order valence-electron chi connectivity index (χ2n) is 7.18. The van der Waals surface area contributed by atoms with Crippen LogP contribution < -0.4 is 0 Å². The Bertz CT molecular complexity index is 528. The quantitative estimate of drug-likeness (QED) is 0.855. The van der Waals surface area contributed by atoms with E-state index in [1.54, 1.807) is 0 Å². The smallest absolute Gasteiger partial charge is 0.227 e. The molecule has 0 radical (unpaired) electrons. The lowest BCUT2D eigenvalue weighted by molar-refractivity contribution is -0.131. The highest BCUT2D eigenvalue weighted by Crippen LogP contribution is 2.36. The highest BCUT2D eigenvalue weighted by atomic mass is 16.2. The third-order valence-electron chi connectivity index (χ3n) is 5.23. The Morgan fingerprint density at radius 2 is 1.68 bits per heavy atom. The highest BCUT2D eigenvalue weighted by molar-refractivity contribution is 5.81. The molecule has 1 amide bonds. The SMILES string of the molecule is Cc1cc(C)cc(C2CC(CN3CCCCC3)C(=O)N2C)c1. The van der Waals surface area contributed by atoms with Crippen molar-refractivity contribution in [3.05, 3.63) is 34.9 Å². The first-order valence-corrected chi connectivity index (χ1v) is 8.62. The van der Waals surface area contributed by atoms with Crippen molar-refractivity contribution in [3.8, 4) is 0 Å². The number of benzene rings is 1. The number of carbonyl (C=O) groups is 1. The van der Waals surface area contributed by atoms with Crippen molar-refractivity contribution in [1.82, 2.24) is 9.80 Å². The largest absolute Gasteiger partial charge is 0.338 e. The number of aryl methyl sites for hydroxylation is 2. The molecule has 2 fully saturated rings. The molecule has 0 aliphatic carbocycles. The molecule has 22 heavy (non-hydrogen) atoms. The fourth-order valence-electron chi connectivity index (χ4n) is 4.14. The minimum absolute atomic E-state index is 0.175. The number of hydrogen-bond acceptors (Lipinski definition) is 2. The Morgan fingerprint density at radius 1 is 1.05 bits per heavy atom. The number of likely N-dealkylation sites (tertiary alicyclic amines) is 2. The van der Waals surface area contributed by atoms with Crippen LogP contribution in [0.2, 0.25) is 0 Å². The van der Waals surface area contributed by atoms with Crippen molar-refractivity contribution in [1.29, 1.82) is 0 Å². The van der Waals surface area contributed by atoms with Gasteiger partial charge in [0.2, 0.25) is 5.91 Å². The Hall–Kier alpha value is -1.35. The molecular weight excluding hydrogens is 272 g/mol. The summed E-state index contributed by atoms with van der Waals surface area (Å²) in [6.45, 7) is 7.56. The summed E-state index contributed by atoms with van der Waals surface area (Å²) in [6.07, 6.45) is 4.89. The van der Waals surface area contributed by atoms with E-state index in [1.165, 1.54) is 49.0 Å². The summed E-state index contributed by atoms with van der Waals surface area (Å²) < 4.78 is 0. The van der Waals surface area contributed by atoms with Crippen LogP contribution in [0, 0.1) is 19.8 Å².